The first kappa shape index (κ1) is 30.8. The van der Waals surface area contributed by atoms with E-state index in [0.717, 1.165) is 22.4 Å². The van der Waals surface area contributed by atoms with Gasteiger partial charge in [-0.05, 0) is 82.6 Å². The third kappa shape index (κ3) is 4.58. The zero-order chi connectivity index (χ0) is 34.5. The molecular formula is C46H43N3Si. The molecule has 50 heavy (non-hydrogen) atoms. The van der Waals surface area contributed by atoms with Gasteiger partial charge >= 0.3 is 0 Å². The first-order valence-electron chi connectivity index (χ1n) is 18.0. The number of hydrogen-bond acceptors (Lipinski definition) is 1. The quantitative estimate of drug-likeness (QED) is 0.162. The molecule has 0 N–H and O–H groups in total. The Morgan fingerprint density at radius 1 is 0.520 bits per heavy atom. The summed E-state index contributed by atoms with van der Waals surface area (Å²) in [4.78, 5) is 5.45. The van der Waals surface area contributed by atoms with Gasteiger partial charge in [-0.1, -0.05) is 125 Å². The van der Waals surface area contributed by atoms with Gasteiger partial charge in [0.15, 0.2) is 0 Å². The van der Waals surface area contributed by atoms with Crippen LogP contribution in [0.15, 0.2) is 121 Å². The normalized spacial score (nSPS) is 12.7. The fourth-order valence-electron chi connectivity index (χ4n) is 8.17. The lowest BCUT2D eigenvalue weighted by atomic mass is 9.88. The van der Waals surface area contributed by atoms with Gasteiger partial charge in [-0.3, -0.25) is 4.57 Å². The van der Waals surface area contributed by atoms with E-state index in [1.165, 1.54) is 71.2 Å². The molecule has 0 amide bonds. The maximum atomic E-state index is 5.45. The number of para-hydroxylation sites is 4. The Morgan fingerprint density at radius 2 is 1.04 bits per heavy atom. The van der Waals surface area contributed by atoms with Crippen molar-refractivity contribution < 1.29 is 0 Å². The first-order valence-corrected chi connectivity index (χ1v) is 21.5. The summed E-state index contributed by atoms with van der Waals surface area (Å²) >= 11 is 0. The van der Waals surface area contributed by atoms with Gasteiger partial charge in [0.05, 0.1) is 41.3 Å². The Kier molecular flexibility index (Phi) is 6.88. The van der Waals surface area contributed by atoms with Crippen molar-refractivity contribution in [2.75, 3.05) is 0 Å². The van der Waals surface area contributed by atoms with E-state index in [1.807, 2.05) is 0 Å². The number of hydrogen-bond donors (Lipinski definition) is 0. The summed E-state index contributed by atoms with van der Waals surface area (Å²) in [7, 11) is -1.39. The van der Waals surface area contributed by atoms with Crippen molar-refractivity contribution in [1.82, 2.24) is 14.0 Å². The minimum Gasteiger partial charge on any atom is -0.308 e. The summed E-state index contributed by atoms with van der Waals surface area (Å²) in [6.45, 7) is 16.6. The van der Waals surface area contributed by atoms with E-state index in [9.17, 15) is 0 Å². The zero-order valence-corrected chi connectivity index (χ0v) is 31.0. The van der Waals surface area contributed by atoms with E-state index < -0.39 is 8.07 Å². The molecule has 9 rings (SSSR count). The minimum absolute atomic E-state index is 0.308. The Hall–Kier alpha value is -5.19. The van der Waals surface area contributed by atoms with E-state index in [1.54, 1.807) is 0 Å². The van der Waals surface area contributed by atoms with Gasteiger partial charge in [-0.2, -0.15) is 0 Å². The zero-order valence-electron chi connectivity index (χ0n) is 30.0. The number of benzene rings is 6. The molecule has 3 heterocycles. The molecule has 6 aromatic carbocycles. The monoisotopic (exact) mass is 665 g/mol. The van der Waals surface area contributed by atoms with Crippen LogP contribution in [0.25, 0.3) is 77.3 Å². The second kappa shape index (κ2) is 11.2. The molecular weight excluding hydrogens is 623 g/mol. The lowest BCUT2D eigenvalue weighted by molar-refractivity contribution is 0.811. The highest BCUT2D eigenvalue weighted by Gasteiger charge is 2.26. The van der Waals surface area contributed by atoms with Crippen molar-refractivity contribution in [3.8, 4) is 28.2 Å². The first-order chi connectivity index (χ1) is 24.1. The van der Waals surface area contributed by atoms with Crippen LogP contribution in [0.2, 0.25) is 19.6 Å². The van der Waals surface area contributed by atoms with Crippen LogP contribution in [-0.2, 0) is 0 Å². The summed E-state index contributed by atoms with van der Waals surface area (Å²) in [5.74, 6) is 1.60. The van der Waals surface area contributed by atoms with Gasteiger partial charge in [0.1, 0.15) is 5.82 Å². The predicted molar refractivity (Wildman–Crippen MR) is 218 cm³/mol. The molecule has 0 spiro atoms. The minimum atomic E-state index is -1.39. The molecule has 0 saturated carbocycles. The molecule has 0 unspecified atom stereocenters. The molecule has 0 radical (unpaired) electrons. The maximum absolute atomic E-state index is 5.45. The molecule has 0 bridgehead atoms. The number of nitrogens with zero attached hydrogens (tertiary/aromatic N) is 3. The third-order valence-corrected chi connectivity index (χ3v) is 12.8. The lowest BCUT2D eigenvalue weighted by Crippen LogP contribution is -2.37. The summed E-state index contributed by atoms with van der Waals surface area (Å²) < 4.78 is 4.93. The van der Waals surface area contributed by atoms with Gasteiger partial charge in [-0.25, -0.2) is 4.98 Å². The summed E-state index contributed by atoms with van der Waals surface area (Å²) in [5, 5.41) is 6.59. The van der Waals surface area contributed by atoms with Crippen LogP contribution in [-0.4, -0.2) is 22.0 Å². The molecule has 0 saturated heterocycles. The number of fused-ring (bicyclic) bond motifs is 7. The highest BCUT2D eigenvalue weighted by atomic mass is 28.3. The Morgan fingerprint density at radius 3 is 1.58 bits per heavy atom. The molecule has 0 aliphatic heterocycles. The second-order valence-corrected chi connectivity index (χ2v) is 20.8. The molecule has 3 nitrogen and oxygen atoms in total. The topological polar surface area (TPSA) is 22.2 Å². The van der Waals surface area contributed by atoms with Crippen LogP contribution in [0.5, 0.6) is 0 Å². The van der Waals surface area contributed by atoms with Gasteiger partial charge in [0.25, 0.3) is 0 Å². The highest BCUT2D eigenvalue weighted by Crippen LogP contribution is 2.44. The van der Waals surface area contributed by atoms with Crippen LogP contribution in [0.1, 0.15) is 50.7 Å². The molecule has 0 aliphatic carbocycles. The second-order valence-electron chi connectivity index (χ2n) is 15.7. The maximum Gasteiger partial charge on any atom is 0.145 e. The van der Waals surface area contributed by atoms with Crippen molar-refractivity contribution in [2.45, 2.75) is 59.2 Å². The van der Waals surface area contributed by atoms with Crippen LogP contribution in [0.3, 0.4) is 0 Å². The average Bonchev–Trinajstić information content (AvgIpc) is 3.77. The van der Waals surface area contributed by atoms with Crippen molar-refractivity contribution in [3.63, 3.8) is 0 Å². The van der Waals surface area contributed by atoms with E-state index in [-0.39, 0.29) is 0 Å². The highest BCUT2D eigenvalue weighted by molar-refractivity contribution is 6.88. The molecule has 0 atom stereocenters. The van der Waals surface area contributed by atoms with Crippen molar-refractivity contribution in [3.05, 3.63) is 132 Å². The molecule has 3 aromatic heterocycles. The van der Waals surface area contributed by atoms with Crippen LogP contribution in [0, 0.1) is 0 Å². The van der Waals surface area contributed by atoms with Crippen LogP contribution >= 0.6 is 0 Å². The number of imidazole rings is 1. The average molecular weight is 666 g/mol. The van der Waals surface area contributed by atoms with E-state index in [2.05, 4.69) is 178 Å². The SMILES string of the molecule is CC(C)c1cc(-c2ccc([Si](C)(C)C)cc2)cc(C(C)C)c1-n1c(-c2cc3c4ccccc4n4c5ccccc5c(c2)c34)nc2ccccc21. The largest absolute Gasteiger partial charge is 0.308 e. The standard InChI is InChI=1S/C46H43N3Si/c1-28(2)36-24-31(30-20-22-33(23-21-30)50(5,6)7)25-37(29(3)4)44(36)49-43-19-13-10-16-40(43)47-46(49)32-26-38-34-14-8-11-17-41(34)48-42-18-12-9-15-35(42)39(27-32)45(38)48/h8-29H,1-7H3. The summed E-state index contributed by atoms with van der Waals surface area (Å²) in [6, 6.07) is 45.4. The van der Waals surface area contributed by atoms with Crippen molar-refractivity contribution in [1.29, 1.82) is 0 Å². The molecule has 4 heteroatoms. The van der Waals surface area contributed by atoms with Gasteiger partial charge < -0.3 is 4.40 Å². The van der Waals surface area contributed by atoms with Crippen LogP contribution in [0.4, 0.5) is 0 Å². The number of aromatic nitrogens is 3. The smallest absolute Gasteiger partial charge is 0.145 e. The fraction of sp³-hybridized carbons (Fsp3) is 0.196. The molecule has 9 aromatic rings. The predicted octanol–water partition coefficient (Wildman–Crippen LogP) is 12.3. The van der Waals surface area contributed by atoms with E-state index in [4.69, 9.17) is 4.98 Å². The third-order valence-electron chi connectivity index (χ3n) is 10.7. The number of rotatable bonds is 6. The summed E-state index contributed by atoms with van der Waals surface area (Å²) in [5.41, 5.74) is 13.6. The van der Waals surface area contributed by atoms with Gasteiger partial charge in [-0.15, -0.1) is 0 Å². The van der Waals surface area contributed by atoms with E-state index >= 15 is 0 Å². The van der Waals surface area contributed by atoms with Crippen LogP contribution < -0.4 is 5.19 Å². The fourth-order valence-corrected chi connectivity index (χ4v) is 9.34. The molecule has 0 fully saturated rings. The van der Waals surface area contributed by atoms with Gasteiger partial charge in [0, 0.05) is 27.1 Å². The van der Waals surface area contributed by atoms with Crippen molar-refractivity contribution >= 4 is 62.4 Å². The molecule has 0 aliphatic rings. The lowest BCUT2D eigenvalue weighted by Gasteiger charge is -2.24. The Balaban J connectivity index is 1.35. The molecule has 246 valence electrons. The van der Waals surface area contributed by atoms with Crippen molar-refractivity contribution in [2.24, 2.45) is 0 Å². The van der Waals surface area contributed by atoms with Gasteiger partial charge in [0.2, 0.25) is 0 Å². The van der Waals surface area contributed by atoms with E-state index in [0.29, 0.717) is 11.8 Å². The Labute approximate surface area is 295 Å². The summed E-state index contributed by atoms with van der Waals surface area (Å²) in [6.07, 6.45) is 0. The Bertz CT molecular complexity index is 2620.